The number of hydrogen-bond acceptors (Lipinski definition) is 5. The second kappa shape index (κ2) is 9.31. The second-order valence-corrected chi connectivity index (χ2v) is 9.56. The molecule has 2 N–H and O–H groups in total. The SMILES string of the molecule is COc1cc(C)c2[nH]ccc2c1N(C)N1CC[C@@H](OCC2CC2)C[C@H]1c1ccc(C(=O)O)cc1. The average Bonchev–Trinajstić information content (AvgIpc) is 3.55. The van der Waals surface area contributed by atoms with Crippen molar-refractivity contribution in [1.29, 1.82) is 0 Å². The van der Waals surface area contributed by atoms with Gasteiger partial charge in [0.1, 0.15) is 11.4 Å². The zero-order chi connectivity index (χ0) is 23.8. The Morgan fingerprint density at radius 2 is 1.97 bits per heavy atom. The highest BCUT2D eigenvalue weighted by molar-refractivity contribution is 5.97. The quantitative estimate of drug-likeness (QED) is 0.480. The molecule has 1 aliphatic heterocycles. The Morgan fingerprint density at radius 3 is 2.65 bits per heavy atom. The van der Waals surface area contributed by atoms with E-state index < -0.39 is 5.97 Å². The first kappa shape index (κ1) is 22.7. The standard InChI is InChI=1S/C27H33N3O4/c1-17-14-24(33-3)26(22-10-12-28-25(17)22)29(2)30-13-11-21(34-16-18-4-5-18)15-23(30)19-6-8-20(9-7-19)27(31)32/h6-10,12,14,18,21,23,28H,4-5,11,13,15-16H2,1-3H3,(H,31,32)/t21-,23+/m1/s1. The Morgan fingerprint density at radius 1 is 1.21 bits per heavy atom. The van der Waals surface area contributed by atoms with E-state index in [2.05, 4.69) is 41.1 Å². The highest BCUT2D eigenvalue weighted by Crippen LogP contribution is 2.42. The second-order valence-electron chi connectivity index (χ2n) is 9.56. The van der Waals surface area contributed by atoms with Gasteiger partial charge in [-0.05, 0) is 73.9 Å². The van der Waals surface area contributed by atoms with Crippen LogP contribution in [0.1, 0.15) is 53.2 Å². The zero-order valence-electron chi connectivity index (χ0n) is 20.1. The van der Waals surface area contributed by atoms with Crippen molar-refractivity contribution in [2.24, 2.45) is 5.92 Å². The normalized spacial score (nSPS) is 21.0. The minimum Gasteiger partial charge on any atom is -0.494 e. The lowest BCUT2D eigenvalue weighted by molar-refractivity contribution is -0.0224. The molecule has 2 aromatic carbocycles. The molecule has 1 aliphatic carbocycles. The van der Waals surface area contributed by atoms with E-state index in [4.69, 9.17) is 9.47 Å². The number of nitrogens with zero attached hydrogens (tertiary/aromatic N) is 2. The summed E-state index contributed by atoms with van der Waals surface area (Å²) >= 11 is 0. The molecule has 5 rings (SSSR count). The number of H-pyrrole nitrogens is 1. The zero-order valence-corrected chi connectivity index (χ0v) is 20.1. The maximum Gasteiger partial charge on any atom is 0.335 e. The van der Waals surface area contributed by atoms with Gasteiger partial charge < -0.3 is 24.6 Å². The maximum absolute atomic E-state index is 11.4. The molecule has 34 heavy (non-hydrogen) atoms. The molecule has 0 unspecified atom stereocenters. The topological polar surface area (TPSA) is 78.0 Å². The molecular weight excluding hydrogens is 430 g/mol. The number of rotatable bonds is 8. The summed E-state index contributed by atoms with van der Waals surface area (Å²) in [5.41, 5.74) is 4.66. The number of anilines is 1. The van der Waals surface area contributed by atoms with E-state index in [1.165, 1.54) is 12.8 Å². The van der Waals surface area contributed by atoms with Gasteiger partial charge in [0.25, 0.3) is 0 Å². The van der Waals surface area contributed by atoms with E-state index in [0.29, 0.717) is 5.56 Å². The van der Waals surface area contributed by atoms with Gasteiger partial charge in [0.15, 0.2) is 0 Å². The largest absolute Gasteiger partial charge is 0.494 e. The van der Waals surface area contributed by atoms with Crippen LogP contribution in [-0.4, -0.2) is 54.5 Å². The minimum absolute atomic E-state index is 0.0609. The highest BCUT2D eigenvalue weighted by Gasteiger charge is 2.35. The summed E-state index contributed by atoms with van der Waals surface area (Å²) in [5, 5.41) is 15.0. The average molecular weight is 464 g/mol. The third-order valence-corrected chi connectivity index (χ3v) is 7.24. The van der Waals surface area contributed by atoms with Gasteiger partial charge in [-0.2, -0.15) is 0 Å². The third-order valence-electron chi connectivity index (χ3n) is 7.24. The molecule has 7 heteroatoms. The Kier molecular flexibility index (Phi) is 6.23. The van der Waals surface area contributed by atoms with Crippen LogP contribution in [0.15, 0.2) is 42.6 Å². The van der Waals surface area contributed by atoms with E-state index in [0.717, 1.165) is 65.4 Å². The van der Waals surface area contributed by atoms with Crippen LogP contribution in [0.4, 0.5) is 5.69 Å². The number of fused-ring (bicyclic) bond motifs is 1. The fraction of sp³-hybridized carbons (Fsp3) is 0.444. The van der Waals surface area contributed by atoms with Crippen molar-refractivity contribution in [1.82, 2.24) is 9.99 Å². The van der Waals surface area contributed by atoms with Crippen LogP contribution >= 0.6 is 0 Å². The predicted octanol–water partition coefficient (Wildman–Crippen LogP) is 5.17. The van der Waals surface area contributed by atoms with E-state index >= 15 is 0 Å². The molecule has 180 valence electrons. The summed E-state index contributed by atoms with van der Waals surface area (Å²) in [5.74, 6) is 0.654. The molecule has 7 nitrogen and oxygen atoms in total. The minimum atomic E-state index is -0.908. The molecule has 0 bridgehead atoms. The number of methoxy groups -OCH3 is 1. The van der Waals surface area contributed by atoms with Crippen molar-refractivity contribution >= 4 is 22.6 Å². The first-order valence-corrected chi connectivity index (χ1v) is 12.1. The number of aromatic carboxylic acids is 1. The number of carboxylic acid groups (broad SMARTS) is 1. The monoisotopic (exact) mass is 463 g/mol. The fourth-order valence-electron chi connectivity index (χ4n) is 5.12. The van der Waals surface area contributed by atoms with Crippen LogP contribution in [0.2, 0.25) is 0 Å². The Labute approximate surface area is 200 Å². The Balaban J connectivity index is 1.49. The number of hydrazine groups is 1. The van der Waals surface area contributed by atoms with Crippen LogP contribution in [0, 0.1) is 12.8 Å². The molecule has 0 radical (unpaired) electrons. The molecule has 0 spiro atoms. The van der Waals surface area contributed by atoms with Crippen molar-refractivity contribution in [3.8, 4) is 5.75 Å². The molecule has 2 atom stereocenters. The van der Waals surface area contributed by atoms with Crippen molar-refractivity contribution < 1.29 is 19.4 Å². The number of carbonyl (C=O) groups is 1. The Hall–Kier alpha value is -3.03. The van der Waals surface area contributed by atoms with Crippen LogP contribution < -0.4 is 9.75 Å². The maximum atomic E-state index is 11.4. The number of carboxylic acids is 1. The summed E-state index contributed by atoms with van der Waals surface area (Å²) in [7, 11) is 3.80. The van der Waals surface area contributed by atoms with Crippen molar-refractivity contribution in [2.45, 2.75) is 44.8 Å². The van der Waals surface area contributed by atoms with Gasteiger partial charge >= 0.3 is 5.97 Å². The summed E-state index contributed by atoms with van der Waals surface area (Å²) in [6, 6.07) is 11.5. The number of benzene rings is 2. The van der Waals surface area contributed by atoms with Crippen LogP contribution in [0.5, 0.6) is 5.75 Å². The highest BCUT2D eigenvalue weighted by atomic mass is 16.5. The van der Waals surface area contributed by atoms with Crippen molar-refractivity contribution in [2.75, 3.05) is 32.3 Å². The van der Waals surface area contributed by atoms with Crippen molar-refractivity contribution in [3.63, 3.8) is 0 Å². The van der Waals surface area contributed by atoms with Crippen molar-refractivity contribution in [3.05, 3.63) is 59.3 Å². The molecule has 1 aromatic heterocycles. The Bertz CT molecular complexity index is 1170. The number of aromatic amines is 1. The number of hydrogen-bond donors (Lipinski definition) is 2. The third kappa shape index (κ3) is 4.38. The van der Waals surface area contributed by atoms with Crippen LogP contribution in [-0.2, 0) is 4.74 Å². The van der Waals surface area contributed by atoms with Gasteiger partial charge in [0.2, 0.25) is 0 Å². The molecule has 2 fully saturated rings. The molecule has 1 saturated carbocycles. The fourth-order valence-corrected chi connectivity index (χ4v) is 5.12. The van der Waals surface area contributed by atoms with Gasteiger partial charge in [0.05, 0.1) is 30.3 Å². The lowest BCUT2D eigenvalue weighted by Crippen LogP contribution is -2.49. The lowest BCUT2D eigenvalue weighted by atomic mass is 9.93. The summed E-state index contributed by atoms with van der Waals surface area (Å²) in [4.78, 5) is 14.8. The van der Waals surface area contributed by atoms with E-state index in [1.54, 1.807) is 19.2 Å². The van der Waals surface area contributed by atoms with Gasteiger partial charge in [-0.3, -0.25) is 0 Å². The van der Waals surface area contributed by atoms with Gasteiger partial charge in [-0.25, -0.2) is 9.80 Å². The van der Waals surface area contributed by atoms with E-state index in [9.17, 15) is 9.90 Å². The number of nitrogens with one attached hydrogen (secondary N) is 1. The summed E-state index contributed by atoms with van der Waals surface area (Å²) in [6.07, 6.45) is 6.53. The number of piperidine rings is 1. The number of aromatic nitrogens is 1. The van der Waals surface area contributed by atoms with Crippen LogP contribution in [0.3, 0.4) is 0 Å². The molecule has 1 saturated heterocycles. The molecule has 3 aromatic rings. The number of aryl methyl sites for hydroxylation is 1. The van der Waals surface area contributed by atoms with Gasteiger partial charge in [-0.15, -0.1) is 0 Å². The van der Waals surface area contributed by atoms with E-state index in [-0.39, 0.29) is 12.1 Å². The van der Waals surface area contributed by atoms with E-state index in [1.807, 2.05) is 18.3 Å². The lowest BCUT2D eigenvalue weighted by Gasteiger charge is -2.45. The molecule has 2 aliphatic rings. The smallest absolute Gasteiger partial charge is 0.335 e. The summed E-state index contributed by atoms with van der Waals surface area (Å²) < 4.78 is 12.1. The predicted molar refractivity (Wildman–Crippen MR) is 133 cm³/mol. The first-order valence-electron chi connectivity index (χ1n) is 12.1. The number of ether oxygens (including phenoxy) is 2. The van der Waals surface area contributed by atoms with Gasteiger partial charge in [-0.1, -0.05) is 12.1 Å². The molecule has 2 heterocycles. The van der Waals surface area contributed by atoms with Crippen LogP contribution in [0.25, 0.3) is 10.9 Å². The molecular formula is C27H33N3O4. The summed E-state index contributed by atoms with van der Waals surface area (Å²) in [6.45, 7) is 3.77. The van der Waals surface area contributed by atoms with Gasteiger partial charge in [0, 0.05) is 31.8 Å². The molecule has 0 amide bonds. The first-order chi connectivity index (χ1) is 16.5.